The first-order valence-corrected chi connectivity index (χ1v) is 13.2. The van der Waals surface area contributed by atoms with Crippen LogP contribution in [0.5, 0.6) is 23.0 Å². The molecule has 3 N–H and O–H groups in total. The van der Waals surface area contributed by atoms with E-state index >= 15 is 0 Å². The molecule has 6 rings (SSSR count). The summed E-state index contributed by atoms with van der Waals surface area (Å²) in [7, 11) is 2.52. The molecule has 2 aliphatic carbocycles. The van der Waals surface area contributed by atoms with Crippen molar-refractivity contribution in [2.24, 2.45) is 0 Å². The minimum absolute atomic E-state index is 0.0194. The lowest BCUT2D eigenvalue weighted by Gasteiger charge is -2.34. The average molecular weight is 571 g/mol. The SMILES string of the molecule is COC1=CC(=O)c2c(O)c3c(c(-c4c(OC)cc5c(c4O)C(=O)c4c(O)cc(C)cc4C5=O)c2C1=O)C[C@H](C)O[C@@H]3C. The number of carbonyl (C=O) groups is 4. The number of carbonyl (C=O) groups excluding carboxylic acids is 4. The second kappa shape index (κ2) is 9.28. The van der Waals surface area contributed by atoms with Crippen LogP contribution in [0.15, 0.2) is 30.0 Å². The number of aryl methyl sites for hydroxylation is 1. The normalized spacial score (nSPS) is 19.0. The van der Waals surface area contributed by atoms with Crippen molar-refractivity contribution in [3.8, 4) is 34.1 Å². The summed E-state index contributed by atoms with van der Waals surface area (Å²) < 4.78 is 16.8. The third-order valence-electron chi connectivity index (χ3n) is 8.07. The van der Waals surface area contributed by atoms with Gasteiger partial charge in [-0.2, -0.15) is 0 Å². The molecular formula is C32H26O10. The second-order valence-electron chi connectivity index (χ2n) is 10.7. The molecule has 0 fully saturated rings. The lowest BCUT2D eigenvalue weighted by molar-refractivity contribution is -0.00593. The van der Waals surface area contributed by atoms with Crippen molar-refractivity contribution in [2.45, 2.75) is 39.4 Å². The van der Waals surface area contributed by atoms with Gasteiger partial charge in [-0.1, -0.05) is 0 Å². The zero-order chi connectivity index (χ0) is 30.4. The van der Waals surface area contributed by atoms with Crippen molar-refractivity contribution in [1.29, 1.82) is 0 Å². The van der Waals surface area contributed by atoms with Gasteiger partial charge in [0.05, 0.1) is 48.7 Å². The van der Waals surface area contributed by atoms with E-state index in [-0.39, 0.29) is 68.0 Å². The number of Topliss-reactive ketones (excluding diaryl/α,β-unsaturated/α-hetero) is 1. The molecular weight excluding hydrogens is 544 g/mol. The Morgan fingerprint density at radius 3 is 2.12 bits per heavy atom. The number of aromatic hydroxyl groups is 3. The fourth-order valence-electron chi connectivity index (χ4n) is 6.39. The highest BCUT2D eigenvalue weighted by atomic mass is 16.5. The number of benzene rings is 3. The van der Waals surface area contributed by atoms with Crippen molar-refractivity contribution in [1.82, 2.24) is 0 Å². The molecule has 3 aromatic rings. The third kappa shape index (κ3) is 3.54. The van der Waals surface area contributed by atoms with Crippen molar-refractivity contribution in [2.75, 3.05) is 14.2 Å². The van der Waals surface area contributed by atoms with Gasteiger partial charge in [0.15, 0.2) is 17.3 Å². The maximum atomic E-state index is 13.8. The summed E-state index contributed by atoms with van der Waals surface area (Å²) in [6.07, 6.45) is 0.0468. The number of fused-ring (bicyclic) bond motifs is 4. The zero-order valence-corrected chi connectivity index (χ0v) is 23.4. The predicted molar refractivity (Wildman–Crippen MR) is 148 cm³/mol. The number of ketones is 4. The van der Waals surface area contributed by atoms with Crippen LogP contribution >= 0.6 is 0 Å². The fourth-order valence-corrected chi connectivity index (χ4v) is 6.39. The molecule has 3 aromatic carbocycles. The number of methoxy groups -OCH3 is 2. The van der Waals surface area contributed by atoms with Crippen molar-refractivity contribution in [3.05, 3.63) is 80.1 Å². The molecule has 0 amide bonds. The summed E-state index contributed by atoms with van der Waals surface area (Å²) >= 11 is 0. The molecule has 0 saturated carbocycles. The number of phenolic OH excluding ortho intramolecular Hbond substituents is 3. The average Bonchev–Trinajstić information content (AvgIpc) is 2.92. The first-order valence-electron chi connectivity index (χ1n) is 13.2. The highest BCUT2D eigenvalue weighted by Crippen LogP contribution is 2.54. The van der Waals surface area contributed by atoms with Gasteiger partial charge in [0.2, 0.25) is 11.6 Å². The highest BCUT2D eigenvalue weighted by Gasteiger charge is 2.43. The van der Waals surface area contributed by atoms with Gasteiger partial charge in [-0.3, -0.25) is 19.2 Å². The van der Waals surface area contributed by atoms with Crippen LogP contribution in [0.25, 0.3) is 11.1 Å². The zero-order valence-electron chi connectivity index (χ0n) is 23.4. The summed E-state index contributed by atoms with van der Waals surface area (Å²) in [6.45, 7) is 5.14. The van der Waals surface area contributed by atoms with Crippen LogP contribution < -0.4 is 4.74 Å². The molecule has 0 bridgehead atoms. The van der Waals surface area contributed by atoms with E-state index in [2.05, 4.69) is 0 Å². The van der Waals surface area contributed by atoms with Gasteiger partial charge in [-0.05, 0) is 56.5 Å². The Labute approximate surface area is 239 Å². The minimum atomic E-state index is -0.801. The molecule has 214 valence electrons. The highest BCUT2D eigenvalue weighted by molar-refractivity contribution is 6.32. The van der Waals surface area contributed by atoms with E-state index in [9.17, 15) is 34.5 Å². The summed E-state index contributed by atoms with van der Waals surface area (Å²) in [6, 6.07) is 4.12. The van der Waals surface area contributed by atoms with Gasteiger partial charge in [0.1, 0.15) is 23.0 Å². The van der Waals surface area contributed by atoms with Crippen LogP contribution in [-0.2, 0) is 15.9 Å². The van der Waals surface area contributed by atoms with Crippen LogP contribution in [0.4, 0.5) is 0 Å². The molecule has 0 radical (unpaired) electrons. The van der Waals surface area contributed by atoms with Gasteiger partial charge in [-0.25, -0.2) is 0 Å². The van der Waals surface area contributed by atoms with E-state index < -0.39 is 52.6 Å². The first kappa shape index (κ1) is 27.2. The number of allylic oxidation sites excluding steroid dienone is 2. The number of phenols is 3. The number of rotatable bonds is 3. The van der Waals surface area contributed by atoms with Crippen molar-refractivity contribution >= 4 is 23.1 Å². The maximum absolute atomic E-state index is 13.8. The third-order valence-corrected chi connectivity index (χ3v) is 8.07. The van der Waals surface area contributed by atoms with Gasteiger partial charge in [0, 0.05) is 33.9 Å². The van der Waals surface area contributed by atoms with Gasteiger partial charge >= 0.3 is 0 Å². The molecule has 10 heteroatoms. The van der Waals surface area contributed by atoms with Crippen LogP contribution in [0, 0.1) is 6.92 Å². The van der Waals surface area contributed by atoms with Crippen molar-refractivity contribution in [3.63, 3.8) is 0 Å². The molecule has 1 aliphatic heterocycles. The number of hydrogen-bond donors (Lipinski definition) is 3. The Bertz CT molecular complexity index is 1850. The summed E-state index contributed by atoms with van der Waals surface area (Å²) in [5.41, 5.74) is -0.225. The molecule has 42 heavy (non-hydrogen) atoms. The smallest absolute Gasteiger partial charge is 0.229 e. The molecule has 10 nitrogen and oxygen atoms in total. The quantitative estimate of drug-likeness (QED) is 0.321. The molecule has 0 aromatic heterocycles. The molecule has 3 aliphatic rings. The second-order valence-corrected chi connectivity index (χ2v) is 10.7. The topological polar surface area (TPSA) is 157 Å². The molecule has 0 unspecified atom stereocenters. The van der Waals surface area contributed by atoms with Gasteiger partial charge in [0.25, 0.3) is 0 Å². The molecule has 0 saturated heterocycles. The summed E-state index contributed by atoms with van der Waals surface area (Å²) in [4.78, 5) is 54.5. The summed E-state index contributed by atoms with van der Waals surface area (Å²) in [5.74, 6) is -4.70. The standard InChI is InChI=1S/C32H26O10/c1-11-6-15-22(17(33)7-11)31(38)24-16(28(15)35)9-19(40-4)26(32(24)39)23-14-8-12(2)42-13(3)21(14)30(37)25-18(34)10-20(41-5)29(36)27(23)25/h6-7,9-10,12-13,33,37,39H,8H2,1-5H3/t12-,13+/m0/s1. The van der Waals surface area contributed by atoms with E-state index in [1.165, 1.54) is 32.4 Å². The monoisotopic (exact) mass is 570 g/mol. The largest absolute Gasteiger partial charge is 0.507 e. The van der Waals surface area contributed by atoms with E-state index in [0.29, 0.717) is 11.1 Å². The first-order chi connectivity index (χ1) is 19.9. The van der Waals surface area contributed by atoms with Crippen LogP contribution in [0.3, 0.4) is 0 Å². The van der Waals surface area contributed by atoms with Crippen LogP contribution in [-0.4, -0.2) is 58.8 Å². The Hall–Kier alpha value is -4.96. The molecule has 0 spiro atoms. The number of hydrogen-bond acceptors (Lipinski definition) is 10. The van der Waals surface area contributed by atoms with Gasteiger partial charge < -0.3 is 29.5 Å². The van der Waals surface area contributed by atoms with E-state index in [1.807, 2.05) is 0 Å². The maximum Gasteiger partial charge on any atom is 0.229 e. The lowest BCUT2D eigenvalue weighted by Crippen LogP contribution is -2.28. The van der Waals surface area contributed by atoms with E-state index in [0.717, 1.165) is 6.08 Å². The molecule has 2 atom stereocenters. The predicted octanol–water partition coefficient (Wildman–Crippen LogP) is 4.49. The number of ether oxygens (including phenoxy) is 3. The van der Waals surface area contributed by atoms with Crippen LogP contribution in [0.1, 0.15) is 89.2 Å². The Morgan fingerprint density at radius 1 is 0.762 bits per heavy atom. The Kier molecular flexibility index (Phi) is 6.02. The molecule has 1 heterocycles. The fraction of sp³-hybridized carbons (Fsp3) is 0.250. The van der Waals surface area contributed by atoms with E-state index in [4.69, 9.17) is 14.2 Å². The van der Waals surface area contributed by atoms with Crippen molar-refractivity contribution < 1.29 is 48.7 Å². The van der Waals surface area contributed by atoms with Gasteiger partial charge in [-0.15, -0.1) is 0 Å². The summed E-state index contributed by atoms with van der Waals surface area (Å²) in [5, 5.41) is 33.8. The Morgan fingerprint density at radius 2 is 1.45 bits per heavy atom. The van der Waals surface area contributed by atoms with Crippen LogP contribution in [0.2, 0.25) is 0 Å². The minimum Gasteiger partial charge on any atom is -0.507 e. The van der Waals surface area contributed by atoms with E-state index in [1.54, 1.807) is 20.8 Å². The lowest BCUT2D eigenvalue weighted by atomic mass is 9.75. The Balaban J connectivity index is 1.77.